The molecule has 2 amide bonds. The number of anilines is 1. The highest BCUT2D eigenvalue weighted by Crippen LogP contribution is 2.19. The van der Waals surface area contributed by atoms with Crippen LogP contribution in [0, 0.1) is 0 Å². The largest absolute Gasteiger partial charge is 0.484 e. The molecule has 0 unspecified atom stereocenters. The molecule has 0 bridgehead atoms. The van der Waals surface area contributed by atoms with E-state index < -0.39 is 5.63 Å². The van der Waals surface area contributed by atoms with Crippen molar-refractivity contribution in [3.63, 3.8) is 0 Å². The van der Waals surface area contributed by atoms with Crippen LogP contribution < -0.4 is 21.0 Å². The van der Waals surface area contributed by atoms with Crippen molar-refractivity contribution < 1.29 is 18.7 Å². The van der Waals surface area contributed by atoms with E-state index in [9.17, 15) is 14.4 Å². The first-order chi connectivity index (χ1) is 13.0. The molecular weight excluding hydrogens is 348 g/mol. The molecule has 2 aromatic carbocycles. The van der Waals surface area contributed by atoms with Crippen LogP contribution in [0.25, 0.3) is 11.0 Å². The molecule has 27 heavy (non-hydrogen) atoms. The van der Waals surface area contributed by atoms with Gasteiger partial charge in [0, 0.05) is 35.3 Å². The fourth-order valence-corrected chi connectivity index (χ4v) is 2.48. The SMILES string of the molecule is CCNC(=O)c1cccc(NC(=O)COc2ccc3ccc(=O)oc3c2)c1. The molecule has 0 aliphatic heterocycles. The van der Waals surface area contributed by atoms with E-state index in [1.54, 1.807) is 48.5 Å². The fraction of sp³-hybridized carbons (Fsp3) is 0.150. The highest BCUT2D eigenvalue weighted by atomic mass is 16.5. The second-order valence-corrected chi connectivity index (χ2v) is 5.73. The zero-order chi connectivity index (χ0) is 19.2. The van der Waals surface area contributed by atoms with Gasteiger partial charge in [0.2, 0.25) is 0 Å². The summed E-state index contributed by atoms with van der Waals surface area (Å²) in [5.41, 5.74) is 0.886. The minimum Gasteiger partial charge on any atom is -0.484 e. The van der Waals surface area contributed by atoms with Gasteiger partial charge in [-0.25, -0.2) is 4.79 Å². The topological polar surface area (TPSA) is 97.6 Å². The summed E-state index contributed by atoms with van der Waals surface area (Å²) < 4.78 is 10.5. The second kappa shape index (κ2) is 8.18. The zero-order valence-electron chi connectivity index (χ0n) is 14.7. The Morgan fingerprint density at radius 3 is 2.70 bits per heavy atom. The molecule has 2 N–H and O–H groups in total. The smallest absolute Gasteiger partial charge is 0.336 e. The Kier molecular flexibility index (Phi) is 5.51. The van der Waals surface area contributed by atoms with Gasteiger partial charge in [-0.2, -0.15) is 0 Å². The Balaban J connectivity index is 1.62. The van der Waals surface area contributed by atoms with Crippen molar-refractivity contribution in [3.05, 3.63) is 70.6 Å². The number of hydrogen-bond donors (Lipinski definition) is 2. The number of carbonyl (C=O) groups is 2. The predicted octanol–water partition coefficient (Wildman–Crippen LogP) is 2.56. The Bertz CT molecular complexity index is 1040. The summed E-state index contributed by atoms with van der Waals surface area (Å²) >= 11 is 0. The maximum absolute atomic E-state index is 12.1. The molecule has 7 heteroatoms. The van der Waals surface area contributed by atoms with Crippen LogP contribution in [0.4, 0.5) is 5.69 Å². The van der Waals surface area contributed by atoms with Gasteiger partial charge >= 0.3 is 5.63 Å². The van der Waals surface area contributed by atoms with E-state index in [2.05, 4.69) is 10.6 Å². The van der Waals surface area contributed by atoms with Crippen LogP contribution in [-0.2, 0) is 4.79 Å². The maximum atomic E-state index is 12.1. The minimum absolute atomic E-state index is 0.206. The molecule has 0 saturated heterocycles. The Morgan fingerprint density at radius 1 is 1.07 bits per heavy atom. The number of ether oxygens (including phenoxy) is 1. The van der Waals surface area contributed by atoms with Crippen molar-refractivity contribution in [1.82, 2.24) is 5.32 Å². The number of benzene rings is 2. The van der Waals surface area contributed by atoms with E-state index in [-0.39, 0.29) is 18.4 Å². The number of rotatable bonds is 6. The lowest BCUT2D eigenvalue weighted by Gasteiger charge is -2.09. The molecule has 7 nitrogen and oxygen atoms in total. The molecule has 0 saturated carbocycles. The molecule has 3 rings (SSSR count). The second-order valence-electron chi connectivity index (χ2n) is 5.73. The molecule has 0 spiro atoms. The molecule has 3 aromatic rings. The van der Waals surface area contributed by atoms with Gasteiger partial charge in [0.1, 0.15) is 11.3 Å². The number of hydrogen-bond acceptors (Lipinski definition) is 5. The number of nitrogens with one attached hydrogen (secondary N) is 2. The number of amides is 2. The molecular formula is C20H18N2O5. The Morgan fingerprint density at radius 2 is 1.89 bits per heavy atom. The van der Waals surface area contributed by atoms with Crippen molar-refractivity contribution in [2.24, 2.45) is 0 Å². The van der Waals surface area contributed by atoms with Crippen molar-refractivity contribution >= 4 is 28.5 Å². The van der Waals surface area contributed by atoms with Crippen molar-refractivity contribution in [2.45, 2.75) is 6.92 Å². The van der Waals surface area contributed by atoms with E-state index in [0.717, 1.165) is 5.39 Å². The van der Waals surface area contributed by atoms with Crippen LogP contribution in [0.3, 0.4) is 0 Å². The molecule has 1 aromatic heterocycles. The Labute approximate surface area is 154 Å². The lowest BCUT2D eigenvalue weighted by atomic mass is 10.2. The molecule has 0 radical (unpaired) electrons. The van der Waals surface area contributed by atoms with E-state index in [4.69, 9.17) is 9.15 Å². The third kappa shape index (κ3) is 4.72. The van der Waals surface area contributed by atoms with Crippen LogP contribution in [0.15, 0.2) is 63.8 Å². The molecule has 138 valence electrons. The van der Waals surface area contributed by atoms with Crippen LogP contribution >= 0.6 is 0 Å². The summed E-state index contributed by atoms with van der Waals surface area (Å²) in [6.07, 6.45) is 0. The highest BCUT2D eigenvalue weighted by molar-refractivity contribution is 5.97. The average molecular weight is 366 g/mol. The first kappa shape index (κ1) is 18.2. The van der Waals surface area contributed by atoms with Gasteiger partial charge in [-0.15, -0.1) is 0 Å². The normalized spacial score (nSPS) is 10.4. The summed E-state index contributed by atoms with van der Waals surface area (Å²) in [6, 6.07) is 14.6. The van der Waals surface area contributed by atoms with E-state index in [1.807, 2.05) is 6.92 Å². The summed E-state index contributed by atoms with van der Waals surface area (Å²) in [6.45, 7) is 2.13. The van der Waals surface area contributed by atoms with E-state index in [0.29, 0.717) is 29.1 Å². The summed E-state index contributed by atoms with van der Waals surface area (Å²) in [5.74, 6) is -0.178. The van der Waals surface area contributed by atoms with Gasteiger partial charge in [0.05, 0.1) is 0 Å². The van der Waals surface area contributed by atoms with Crippen molar-refractivity contribution in [1.29, 1.82) is 0 Å². The van der Waals surface area contributed by atoms with Crippen LogP contribution in [0.1, 0.15) is 17.3 Å². The van der Waals surface area contributed by atoms with Gasteiger partial charge < -0.3 is 19.8 Å². The standard InChI is InChI=1S/C20H18N2O5/c1-2-21-20(25)14-4-3-5-15(10-14)22-18(23)12-26-16-8-6-13-7-9-19(24)27-17(13)11-16/h3-11H,2,12H2,1H3,(H,21,25)(H,22,23). The molecule has 0 aliphatic carbocycles. The van der Waals surface area contributed by atoms with Gasteiger partial charge in [-0.3, -0.25) is 9.59 Å². The zero-order valence-corrected chi connectivity index (χ0v) is 14.7. The monoisotopic (exact) mass is 366 g/mol. The third-order valence-electron chi connectivity index (χ3n) is 3.71. The fourth-order valence-electron chi connectivity index (χ4n) is 2.48. The summed E-state index contributed by atoms with van der Waals surface area (Å²) in [4.78, 5) is 35.2. The third-order valence-corrected chi connectivity index (χ3v) is 3.71. The van der Waals surface area contributed by atoms with Crippen LogP contribution in [0.2, 0.25) is 0 Å². The van der Waals surface area contributed by atoms with Crippen molar-refractivity contribution in [3.8, 4) is 5.75 Å². The first-order valence-corrected chi connectivity index (χ1v) is 8.40. The van der Waals surface area contributed by atoms with Gasteiger partial charge in [-0.05, 0) is 43.3 Å². The first-order valence-electron chi connectivity index (χ1n) is 8.40. The predicted molar refractivity (Wildman–Crippen MR) is 101 cm³/mol. The maximum Gasteiger partial charge on any atom is 0.336 e. The van der Waals surface area contributed by atoms with Crippen LogP contribution in [0.5, 0.6) is 5.75 Å². The molecule has 1 heterocycles. The minimum atomic E-state index is -0.454. The Hall–Kier alpha value is -3.61. The number of carbonyl (C=O) groups excluding carboxylic acids is 2. The van der Waals surface area contributed by atoms with Crippen LogP contribution in [-0.4, -0.2) is 25.0 Å². The van der Waals surface area contributed by atoms with E-state index in [1.165, 1.54) is 6.07 Å². The van der Waals surface area contributed by atoms with E-state index >= 15 is 0 Å². The lowest BCUT2D eigenvalue weighted by molar-refractivity contribution is -0.118. The average Bonchev–Trinajstić information content (AvgIpc) is 2.66. The molecule has 0 aliphatic rings. The number of fused-ring (bicyclic) bond motifs is 1. The lowest BCUT2D eigenvalue weighted by Crippen LogP contribution is -2.23. The van der Waals surface area contributed by atoms with Gasteiger partial charge in [0.25, 0.3) is 11.8 Å². The quantitative estimate of drug-likeness (QED) is 0.654. The van der Waals surface area contributed by atoms with Gasteiger partial charge in [0.15, 0.2) is 6.61 Å². The van der Waals surface area contributed by atoms with Crippen molar-refractivity contribution in [2.75, 3.05) is 18.5 Å². The molecule has 0 fully saturated rings. The summed E-state index contributed by atoms with van der Waals surface area (Å²) in [7, 11) is 0. The highest BCUT2D eigenvalue weighted by Gasteiger charge is 2.08. The van der Waals surface area contributed by atoms with Gasteiger partial charge in [-0.1, -0.05) is 6.07 Å². The summed E-state index contributed by atoms with van der Waals surface area (Å²) in [5, 5.41) is 6.14. The molecule has 0 atom stereocenters.